The highest BCUT2D eigenvalue weighted by Gasteiger charge is 2.33. The highest BCUT2D eigenvalue weighted by atomic mass is 16.5. The smallest absolute Gasteiger partial charge is 0.303 e. The fourth-order valence-corrected chi connectivity index (χ4v) is 3.56. The minimum atomic E-state index is -0.803. The van der Waals surface area contributed by atoms with Crippen molar-refractivity contribution in [1.29, 1.82) is 0 Å². The maximum atomic E-state index is 11.2. The molecule has 1 aliphatic rings. The Morgan fingerprint density at radius 3 is 2.89 bits per heavy atom. The van der Waals surface area contributed by atoms with Gasteiger partial charge in [-0.1, -0.05) is 32.0 Å². The van der Waals surface area contributed by atoms with Gasteiger partial charge < -0.3 is 14.9 Å². The molecule has 2 aromatic heterocycles. The lowest BCUT2D eigenvalue weighted by atomic mass is 9.74. The van der Waals surface area contributed by atoms with Gasteiger partial charge in [0.05, 0.1) is 6.42 Å². The molecule has 28 heavy (non-hydrogen) atoms. The molecule has 2 N–H and O–H groups in total. The summed E-state index contributed by atoms with van der Waals surface area (Å²) in [6, 6.07) is 4.28. The SMILES string of the molecule is CC(C)C(C)(CC(=O)O)Cc1nc(CCCc2ccc3c(n2)NCCC3)no1. The molecule has 0 aliphatic carbocycles. The molecule has 0 radical (unpaired) electrons. The Balaban J connectivity index is 1.54. The van der Waals surface area contributed by atoms with Gasteiger partial charge in [0.2, 0.25) is 5.89 Å². The Hall–Kier alpha value is -2.44. The Kier molecular flexibility index (Phi) is 6.31. The minimum Gasteiger partial charge on any atom is -0.481 e. The lowest BCUT2D eigenvalue weighted by Crippen LogP contribution is -2.29. The zero-order valence-electron chi connectivity index (χ0n) is 17.0. The van der Waals surface area contributed by atoms with Crippen molar-refractivity contribution in [2.24, 2.45) is 11.3 Å². The Morgan fingerprint density at radius 1 is 1.32 bits per heavy atom. The van der Waals surface area contributed by atoms with Gasteiger partial charge in [-0.25, -0.2) is 4.98 Å². The number of aromatic nitrogens is 3. The average Bonchev–Trinajstić information content (AvgIpc) is 3.07. The van der Waals surface area contributed by atoms with Crippen LogP contribution in [0.15, 0.2) is 16.7 Å². The zero-order valence-corrected chi connectivity index (χ0v) is 17.0. The van der Waals surface area contributed by atoms with Crippen molar-refractivity contribution in [3.8, 4) is 0 Å². The van der Waals surface area contributed by atoms with Crippen molar-refractivity contribution in [1.82, 2.24) is 15.1 Å². The van der Waals surface area contributed by atoms with Crippen LogP contribution in [-0.4, -0.2) is 32.7 Å². The van der Waals surface area contributed by atoms with Crippen molar-refractivity contribution in [2.45, 2.75) is 65.7 Å². The van der Waals surface area contributed by atoms with Crippen molar-refractivity contribution < 1.29 is 14.4 Å². The molecule has 7 heteroatoms. The molecule has 152 valence electrons. The van der Waals surface area contributed by atoms with E-state index in [2.05, 4.69) is 27.6 Å². The number of nitrogens with zero attached hydrogens (tertiary/aromatic N) is 3. The molecule has 3 heterocycles. The molecule has 0 bridgehead atoms. The van der Waals surface area contributed by atoms with Crippen molar-refractivity contribution in [2.75, 3.05) is 11.9 Å². The highest BCUT2D eigenvalue weighted by Crippen LogP contribution is 2.34. The number of rotatable bonds is 9. The Bertz CT molecular complexity index is 818. The first-order valence-electron chi connectivity index (χ1n) is 10.1. The van der Waals surface area contributed by atoms with Crippen LogP contribution in [0.3, 0.4) is 0 Å². The molecule has 0 fully saturated rings. The number of hydrogen-bond acceptors (Lipinski definition) is 6. The molecular weight excluding hydrogens is 356 g/mol. The second kappa shape index (κ2) is 8.71. The van der Waals surface area contributed by atoms with Gasteiger partial charge >= 0.3 is 5.97 Å². The third kappa shape index (κ3) is 5.09. The van der Waals surface area contributed by atoms with Gasteiger partial charge in [-0.05, 0) is 48.6 Å². The molecule has 3 rings (SSSR count). The monoisotopic (exact) mass is 386 g/mol. The summed E-state index contributed by atoms with van der Waals surface area (Å²) >= 11 is 0. The molecular formula is C21H30N4O3. The van der Waals surface area contributed by atoms with Crippen molar-refractivity contribution in [3.05, 3.63) is 35.1 Å². The van der Waals surface area contributed by atoms with Gasteiger partial charge in [-0.2, -0.15) is 4.98 Å². The molecule has 0 aromatic carbocycles. The van der Waals surface area contributed by atoms with E-state index < -0.39 is 11.4 Å². The Labute approximate surface area is 166 Å². The summed E-state index contributed by atoms with van der Waals surface area (Å²) in [5, 5.41) is 16.6. The van der Waals surface area contributed by atoms with Gasteiger partial charge in [0.1, 0.15) is 5.82 Å². The summed E-state index contributed by atoms with van der Waals surface area (Å²) in [6.07, 6.45) is 5.28. The van der Waals surface area contributed by atoms with Crippen LogP contribution in [0.2, 0.25) is 0 Å². The lowest BCUT2D eigenvalue weighted by molar-refractivity contribution is -0.140. The zero-order chi connectivity index (χ0) is 20.1. The van der Waals surface area contributed by atoms with Crippen LogP contribution in [0, 0.1) is 11.3 Å². The number of carbonyl (C=O) groups is 1. The topological polar surface area (TPSA) is 101 Å². The van der Waals surface area contributed by atoms with E-state index in [0.29, 0.717) is 24.6 Å². The summed E-state index contributed by atoms with van der Waals surface area (Å²) in [6.45, 7) is 7.01. The third-order valence-electron chi connectivity index (χ3n) is 5.80. The standard InChI is InChI=1S/C21H30N4O3/c1-14(2)21(3,13-19(26)27)12-18-24-17(25-28-18)8-4-7-16-10-9-15-6-5-11-22-20(15)23-16/h9-10,14H,4-8,11-13H2,1-3H3,(H,22,23)(H,26,27). The minimum absolute atomic E-state index is 0.0837. The van der Waals surface area contributed by atoms with Gasteiger partial charge in [0.25, 0.3) is 0 Å². The van der Waals surface area contributed by atoms with E-state index in [1.807, 2.05) is 20.8 Å². The molecule has 1 unspecified atom stereocenters. The van der Waals surface area contributed by atoms with Crippen LogP contribution in [0.5, 0.6) is 0 Å². The number of aryl methyl sites for hydroxylation is 3. The largest absolute Gasteiger partial charge is 0.481 e. The predicted molar refractivity (Wildman–Crippen MR) is 106 cm³/mol. The Morgan fingerprint density at radius 2 is 2.14 bits per heavy atom. The van der Waals surface area contributed by atoms with Crippen molar-refractivity contribution in [3.63, 3.8) is 0 Å². The molecule has 1 atom stereocenters. The van der Waals surface area contributed by atoms with Crippen LogP contribution in [0.25, 0.3) is 0 Å². The number of anilines is 1. The quantitative estimate of drug-likeness (QED) is 0.678. The fourth-order valence-electron chi connectivity index (χ4n) is 3.56. The summed E-state index contributed by atoms with van der Waals surface area (Å²) in [5.41, 5.74) is 1.97. The third-order valence-corrected chi connectivity index (χ3v) is 5.80. The maximum Gasteiger partial charge on any atom is 0.303 e. The predicted octanol–water partition coefficient (Wildman–Crippen LogP) is 3.68. The first kappa shape index (κ1) is 20.3. The first-order chi connectivity index (χ1) is 13.4. The molecule has 0 spiro atoms. The number of nitrogens with one attached hydrogen (secondary N) is 1. The van der Waals surface area contributed by atoms with Crippen LogP contribution in [0.4, 0.5) is 5.82 Å². The van der Waals surface area contributed by atoms with E-state index in [-0.39, 0.29) is 12.3 Å². The van der Waals surface area contributed by atoms with Gasteiger partial charge in [0.15, 0.2) is 5.82 Å². The number of pyridine rings is 1. The lowest BCUT2D eigenvalue weighted by Gasteiger charge is -2.30. The second-order valence-corrected chi connectivity index (χ2v) is 8.35. The number of hydrogen-bond donors (Lipinski definition) is 2. The molecule has 0 saturated carbocycles. The van der Waals surface area contributed by atoms with E-state index in [0.717, 1.165) is 43.7 Å². The normalized spacial score (nSPS) is 15.7. The maximum absolute atomic E-state index is 11.2. The molecule has 7 nitrogen and oxygen atoms in total. The summed E-state index contributed by atoms with van der Waals surface area (Å²) in [5.74, 6) is 1.61. The van der Waals surface area contributed by atoms with E-state index in [9.17, 15) is 9.90 Å². The van der Waals surface area contributed by atoms with Crippen LogP contribution < -0.4 is 5.32 Å². The summed E-state index contributed by atoms with van der Waals surface area (Å²) < 4.78 is 5.39. The highest BCUT2D eigenvalue weighted by molar-refractivity contribution is 5.67. The van der Waals surface area contributed by atoms with Gasteiger partial charge in [-0.15, -0.1) is 0 Å². The molecule has 0 amide bonds. The van der Waals surface area contributed by atoms with E-state index >= 15 is 0 Å². The van der Waals surface area contributed by atoms with E-state index in [1.54, 1.807) is 0 Å². The van der Waals surface area contributed by atoms with Gasteiger partial charge in [-0.3, -0.25) is 4.79 Å². The van der Waals surface area contributed by atoms with Gasteiger partial charge in [0, 0.05) is 25.1 Å². The van der Waals surface area contributed by atoms with E-state index in [1.165, 1.54) is 5.56 Å². The second-order valence-electron chi connectivity index (χ2n) is 8.35. The van der Waals surface area contributed by atoms with Crippen molar-refractivity contribution >= 4 is 11.8 Å². The molecule has 1 aliphatic heterocycles. The molecule has 2 aromatic rings. The number of carboxylic acids is 1. The average molecular weight is 386 g/mol. The first-order valence-corrected chi connectivity index (χ1v) is 10.1. The van der Waals surface area contributed by atoms with Crippen LogP contribution in [-0.2, 0) is 30.5 Å². The van der Waals surface area contributed by atoms with Crippen LogP contribution >= 0.6 is 0 Å². The number of fused-ring (bicyclic) bond motifs is 1. The van der Waals surface area contributed by atoms with E-state index in [4.69, 9.17) is 9.51 Å². The fraction of sp³-hybridized carbons (Fsp3) is 0.619. The summed E-state index contributed by atoms with van der Waals surface area (Å²) in [4.78, 5) is 20.4. The van der Waals surface area contributed by atoms with Crippen LogP contribution in [0.1, 0.15) is 63.0 Å². The number of carboxylic acid groups (broad SMARTS) is 1. The number of aliphatic carboxylic acids is 1. The summed E-state index contributed by atoms with van der Waals surface area (Å²) in [7, 11) is 0. The molecule has 0 saturated heterocycles.